The van der Waals surface area contributed by atoms with E-state index in [1.54, 1.807) is 0 Å². The molecule has 0 aliphatic heterocycles. The highest BCUT2D eigenvalue weighted by atomic mass is 16.5. The van der Waals surface area contributed by atoms with Gasteiger partial charge in [-0.25, -0.2) is 4.98 Å². The predicted molar refractivity (Wildman–Crippen MR) is 77.0 cm³/mol. The normalized spacial score (nSPS) is 10.7. The molecule has 1 heterocycles. The first-order valence-electron chi connectivity index (χ1n) is 6.77. The Morgan fingerprint density at radius 3 is 2.84 bits per heavy atom. The minimum Gasteiger partial charge on any atom is -0.494 e. The van der Waals surface area contributed by atoms with E-state index in [-0.39, 0.29) is 0 Å². The van der Waals surface area contributed by atoms with E-state index in [1.165, 1.54) is 0 Å². The zero-order valence-electron chi connectivity index (χ0n) is 11.6. The molecule has 2 N–H and O–H groups in total. The average molecular weight is 259 g/mol. The lowest BCUT2D eigenvalue weighted by Crippen LogP contribution is -2.07. The number of rotatable bonds is 6. The lowest BCUT2D eigenvalue weighted by molar-refractivity contribution is 0.317. The van der Waals surface area contributed by atoms with Gasteiger partial charge in [0.05, 0.1) is 18.5 Å². The van der Waals surface area contributed by atoms with Crippen molar-refractivity contribution in [3.05, 3.63) is 36.2 Å². The summed E-state index contributed by atoms with van der Waals surface area (Å²) >= 11 is 0. The van der Waals surface area contributed by atoms with Crippen molar-refractivity contribution in [1.82, 2.24) is 9.55 Å². The molecule has 19 heavy (non-hydrogen) atoms. The second kappa shape index (κ2) is 6.38. The second-order valence-corrected chi connectivity index (χ2v) is 4.40. The Bertz CT molecular complexity index is 534. The summed E-state index contributed by atoms with van der Waals surface area (Å²) < 4.78 is 7.80. The van der Waals surface area contributed by atoms with Crippen molar-refractivity contribution in [2.75, 3.05) is 6.61 Å². The molecule has 0 saturated carbocycles. The van der Waals surface area contributed by atoms with Crippen LogP contribution < -0.4 is 10.5 Å². The largest absolute Gasteiger partial charge is 0.494 e. The first kappa shape index (κ1) is 13.6. The van der Waals surface area contributed by atoms with Gasteiger partial charge in [-0.05, 0) is 25.5 Å². The van der Waals surface area contributed by atoms with E-state index in [9.17, 15) is 0 Å². The Morgan fingerprint density at radius 2 is 2.16 bits per heavy atom. The lowest BCUT2D eigenvalue weighted by atomic mass is 10.2. The second-order valence-electron chi connectivity index (χ2n) is 4.40. The van der Waals surface area contributed by atoms with Crippen LogP contribution in [-0.4, -0.2) is 16.2 Å². The quantitative estimate of drug-likeness (QED) is 0.868. The van der Waals surface area contributed by atoms with Crippen molar-refractivity contribution in [2.45, 2.75) is 33.4 Å². The molecule has 4 heteroatoms. The third-order valence-electron chi connectivity index (χ3n) is 3.03. The van der Waals surface area contributed by atoms with Crippen molar-refractivity contribution in [3.63, 3.8) is 0 Å². The topological polar surface area (TPSA) is 53.1 Å². The molecule has 1 aromatic carbocycles. The highest BCUT2D eigenvalue weighted by molar-refractivity contribution is 5.58. The predicted octanol–water partition coefficient (Wildman–Crippen LogP) is 2.82. The Balaban J connectivity index is 2.33. The van der Waals surface area contributed by atoms with Crippen LogP contribution in [0, 0.1) is 0 Å². The van der Waals surface area contributed by atoms with Gasteiger partial charge in [0.25, 0.3) is 0 Å². The minimum absolute atomic E-state index is 0.507. The Morgan fingerprint density at radius 1 is 1.32 bits per heavy atom. The molecule has 2 aromatic rings. The molecule has 0 aliphatic carbocycles. The van der Waals surface area contributed by atoms with E-state index < -0.39 is 0 Å². The van der Waals surface area contributed by atoms with Crippen molar-refractivity contribution in [2.24, 2.45) is 5.73 Å². The number of hydrogen-bond acceptors (Lipinski definition) is 3. The molecule has 0 atom stereocenters. The molecule has 4 nitrogen and oxygen atoms in total. The maximum Gasteiger partial charge on any atom is 0.140 e. The standard InChI is InChI=1S/C15H21N3O/c1-3-8-19-14-7-5-6-12(9-14)15-17-11-13(10-16)18(15)4-2/h5-7,9,11H,3-4,8,10,16H2,1-2H3. The molecule has 102 valence electrons. The van der Waals surface area contributed by atoms with Crippen LogP contribution in [0.5, 0.6) is 5.75 Å². The molecule has 0 fully saturated rings. The number of benzene rings is 1. The maximum atomic E-state index is 5.73. The van der Waals surface area contributed by atoms with Gasteiger partial charge < -0.3 is 15.0 Å². The van der Waals surface area contributed by atoms with Gasteiger partial charge in [0.15, 0.2) is 0 Å². The molecule has 0 radical (unpaired) electrons. The van der Waals surface area contributed by atoms with Gasteiger partial charge in [0, 0.05) is 18.7 Å². The van der Waals surface area contributed by atoms with Gasteiger partial charge in [-0.3, -0.25) is 0 Å². The third kappa shape index (κ3) is 2.96. The highest BCUT2D eigenvalue weighted by Gasteiger charge is 2.10. The van der Waals surface area contributed by atoms with E-state index >= 15 is 0 Å². The van der Waals surface area contributed by atoms with Crippen molar-refractivity contribution in [1.29, 1.82) is 0 Å². The van der Waals surface area contributed by atoms with Crippen LogP contribution in [0.3, 0.4) is 0 Å². The first-order chi connectivity index (χ1) is 9.30. The molecule has 0 spiro atoms. The summed E-state index contributed by atoms with van der Waals surface area (Å²) in [5.41, 5.74) is 7.85. The fourth-order valence-corrected chi connectivity index (χ4v) is 2.10. The van der Waals surface area contributed by atoms with Crippen molar-refractivity contribution >= 4 is 0 Å². The average Bonchev–Trinajstić information content (AvgIpc) is 2.88. The summed E-state index contributed by atoms with van der Waals surface area (Å²) in [5, 5.41) is 0. The molecule has 0 bridgehead atoms. The molecule has 0 aliphatic rings. The van der Waals surface area contributed by atoms with E-state index in [2.05, 4.69) is 23.4 Å². The van der Waals surface area contributed by atoms with E-state index in [0.717, 1.165) is 42.4 Å². The van der Waals surface area contributed by atoms with Crippen LogP contribution in [0.2, 0.25) is 0 Å². The minimum atomic E-state index is 0.507. The smallest absolute Gasteiger partial charge is 0.140 e. The highest BCUT2D eigenvalue weighted by Crippen LogP contribution is 2.24. The first-order valence-corrected chi connectivity index (χ1v) is 6.77. The number of imidazole rings is 1. The van der Waals surface area contributed by atoms with E-state index in [0.29, 0.717) is 6.54 Å². The fraction of sp³-hybridized carbons (Fsp3) is 0.400. The number of ether oxygens (including phenoxy) is 1. The molecule has 0 amide bonds. The van der Waals surface area contributed by atoms with E-state index in [1.807, 2.05) is 30.5 Å². The van der Waals surface area contributed by atoms with Crippen LogP contribution in [0.15, 0.2) is 30.5 Å². The molecule has 0 unspecified atom stereocenters. The number of nitrogens with two attached hydrogens (primary N) is 1. The van der Waals surface area contributed by atoms with Gasteiger partial charge >= 0.3 is 0 Å². The molecular weight excluding hydrogens is 238 g/mol. The Labute approximate surface area is 114 Å². The van der Waals surface area contributed by atoms with Gasteiger partial charge in [-0.1, -0.05) is 19.1 Å². The number of nitrogens with zero attached hydrogens (tertiary/aromatic N) is 2. The third-order valence-corrected chi connectivity index (χ3v) is 3.03. The van der Waals surface area contributed by atoms with Crippen LogP contribution in [0.4, 0.5) is 0 Å². The summed E-state index contributed by atoms with van der Waals surface area (Å²) in [4.78, 5) is 4.48. The van der Waals surface area contributed by atoms with Gasteiger partial charge in [0.2, 0.25) is 0 Å². The summed E-state index contributed by atoms with van der Waals surface area (Å²) in [6, 6.07) is 8.05. The van der Waals surface area contributed by atoms with Crippen LogP contribution in [-0.2, 0) is 13.1 Å². The zero-order chi connectivity index (χ0) is 13.7. The zero-order valence-corrected chi connectivity index (χ0v) is 11.6. The summed E-state index contributed by atoms with van der Waals surface area (Å²) in [5.74, 6) is 1.84. The van der Waals surface area contributed by atoms with Crippen molar-refractivity contribution < 1.29 is 4.74 Å². The maximum absolute atomic E-state index is 5.73. The number of hydrogen-bond donors (Lipinski definition) is 1. The fourth-order valence-electron chi connectivity index (χ4n) is 2.10. The van der Waals surface area contributed by atoms with Crippen LogP contribution in [0.1, 0.15) is 26.0 Å². The molecular formula is C15H21N3O. The lowest BCUT2D eigenvalue weighted by Gasteiger charge is -2.10. The van der Waals surface area contributed by atoms with Gasteiger partial charge in [-0.2, -0.15) is 0 Å². The van der Waals surface area contributed by atoms with E-state index in [4.69, 9.17) is 10.5 Å². The summed E-state index contributed by atoms with van der Waals surface area (Å²) in [7, 11) is 0. The number of aromatic nitrogens is 2. The van der Waals surface area contributed by atoms with Gasteiger partial charge in [-0.15, -0.1) is 0 Å². The van der Waals surface area contributed by atoms with Crippen LogP contribution >= 0.6 is 0 Å². The molecule has 1 aromatic heterocycles. The Kier molecular flexibility index (Phi) is 4.58. The van der Waals surface area contributed by atoms with Crippen molar-refractivity contribution in [3.8, 4) is 17.1 Å². The SMILES string of the molecule is CCCOc1cccc(-c2ncc(CN)n2CC)c1. The summed E-state index contributed by atoms with van der Waals surface area (Å²) in [6.45, 7) is 6.30. The molecule has 2 rings (SSSR count). The van der Waals surface area contributed by atoms with Crippen LogP contribution in [0.25, 0.3) is 11.4 Å². The molecule has 0 saturated heterocycles. The monoisotopic (exact) mass is 259 g/mol. The Hall–Kier alpha value is -1.81. The van der Waals surface area contributed by atoms with Gasteiger partial charge in [0.1, 0.15) is 11.6 Å². The summed E-state index contributed by atoms with van der Waals surface area (Å²) in [6.07, 6.45) is 2.85.